The van der Waals surface area contributed by atoms with Crippen molar-refractivity contribution in [2.45, 2.75) is 53.8 Å². The second kappa shape index (κ2) is 5.73. The number of esters is 2. The van der Waals surface area contributed by atoms with Gasteiger partial charge in [0, 0.05) is 13.3 Å². The molecule has 0 aliphatic rings. The quantitative estimate of drug-likeness (QED) is 0.534. The van der Waals surface area contributed by atoms with Crippen LogP contribution in [0.25, 0.3) is 0 Å². The summed E-state index contributed by atoms with van der Waals surface area (Å²) in [5.41, 5.74) is -0.578. The van der Waals surface area contributed by atoms with E-state index < -0.39 is 11.7 Å². The lowest BCUT2D eigenvalue weighted by Gasteiger charge is -2.20. The molecule has 4 heteroatoms. The first-order valence-corrected chi connectivity index (χ1v) is 5.18. The largest absolute Gasteiger partial charge is 0.425 e. The summed E-state index contributed by atoms with van der Waals surface area (Å²) in [6.45, 7) is 8.66. The van der Waals surface area contributed by atoms with Gasteiger partial charge >= 0.3 is 11.9 Å². The molecule has 4 nitrogen and oxygen atoms in total. The molecule has 0 aliphatic carbocycles. The van der Waals surface area contributed by atoms with Crippen molar-refractivity contribution in [2.75, 3.05) is 0 Å². The van der Waals surface area contributed by atoms with Crippen LogP contribution in [0.5, 0.6) is 0 Å². The van der Waals surface area contributed by atoms with Crippen LogP contribution in [0.2, 0.25) is 0 Å². The van der Waals surface area contributed by atoms with E-state index in [1.165, 1.54) is 6.92 Å². The van der Waals surface area contributed by atoms with Crippen LogP contribution >= 0.6 is 0 Å². The molecule has 1 unspecified atom stereocenters. The zero-order valence-corrected chi connectivity index (χ0v) is 10.1. The standard InChI is InChI=1S/C11H20O4/c1-6-7-9(12)14-8(2)15-10(13)11(3,4)5/h8H,6-7H2,1-5H3. The fourth-order valence-electron chi connectivity index (χ4n) is 0.800. The average molecular weight is 216 g/mol. The highest BCUT2D eigenvalue weighted by Crippen LogP contribution is 2.16. The molecule has 0 saturated heterocycles. The van der Waals surface area contributed by atoms with Crippen LogP contribution in [0, 0.1) is 5.41 Å². The molecule has 0 aromatic carbocycles. The van der Waals surface area contributed by atoms with Gasteiger partial charge in [0.05, 0.1) is 5.41 Å². The van der Waals surface area contributed by atoms with Gasteiger partial charge in [0.1, 0.15) is 0 Å². The number of hydrogen-bond donors (Lipinski definition) is 0. The Hall–Kier alpha value is -1.06. The van der Waals surface area contributed by atoms with Gasteiger partial charge in [-0.3, -0.25) is 9.59 Å². The molecule has 0 radical (unpaired) electrons. The first-order chi connectivity index (χ1) is 6.77. The summed E-state index contributed by atoms with van der Waals surface area (Å²) in [6.07, 6.45) is 0.256. The van der Waals surface area contributed by atoms with E-state index in [4.69, 9.17) is 9.47 Å². The van der Waals surface area contributed by atoms with Crippen LogP contribution in [-0.2, 0) is 19.1 Å². The molecule has 0 heterocycles. The molecule has 0 spiro atoms. The molecule has 88 valence electrons. The van der Waals surface area contributed by atoms with Gasteiger partial charge in [-0.15, -0.1) is 0 Å². The first-order valence-electron chi connectivity index (χ1n) is 5.18. The molecule has 0 aromatic heterocycles. The molecule has 15 heavy (non-hydrogen) atoms. The van der Waals surface area contributed by atoms with Crippen molar-refractivity contribution in [1.82, 2.24) is 0 Å². The summed E-state index contributed by atoms with van der Waals surface area (Å²) in [6, 6.07) is 0. The molecule has 0 N–H and O–H groups in total. The van der Waals surface area contributed by atoms with Gasteiger partial charge in [-0.2, -0.15) is 0 Å². The van der Waals surface area contributed by atoms with E-state index in [-0.39, 0.29) is 11.9 Å². The maximum atomic E-state index is 11.4. The maximum absolute atomic E-state index is 11.4. The minimum atomic E-state index is -0.809. The number of carbonyl (C=O) groups excluding carboxylic acids is 2. The summed E-state index contributed by atoms with van der Waals surface area (Å²) >= 11 is 0. The van der Waals surface area contributed by atoms with Gasteiger partial charge in [-0.05, 0) is 27.2 Å². The highest BCUT2D eigenvalue weighted by Gasteiger charge is 2.25. The molecule has 0 bridgehead atoms. The summed E-state index contributed by atoms with van der Waals surface area (Å²) in [4.78, 5) is 22.5. The van der Waals surface area contributed by atoms with Gasteiger partial charge in [0.15, 0.2) is 0 Å². The lowest BCUT2D eigenvalue weighted by molar-refractivity contribution is -0.190. The highest BCUT2D eigenvalue weighted by atomic mass is 16.7. The number of hydrogen-bond acceptors (Lipinski definition) is 4. The Labute approximate surface area is 90.9 Å². The van der Waals surface area contributed by atoms with Crippen molar-refractivity contribution in [3.8, 4) is 0 Å². The zero-order chi connectivity index (χ0) is 12.1. The van der Waals surface area contributed by atoms with Crippen LogP contribution in [-0.4, -0.2) is 18.2 Å². The topological polar surface area (TPSA) is 52.6 Å². The fraction of sp³-hybridized carbons (Fsp3) is 0.818. The molecule has 0 saturated carbocycles. The predicted octanol–water partition coefficient (Wildman–Crippen LogP) is 2.27. The Morgan fingerprint density at radius 1 is 1.20 bits per heavy atom. The molecule has 0 rings (SSSR count). The predicted molar refractivity (Wildman–Crippen MR) is 56.0 cm³/mol. The van der Waals surface area contributed by atoms with Crippen molar-refractivity contribution in [1.29, 1.82) is 0 Å². The van der Waals surface area contributed by atoms with E-state index in [0.29, 0.717) is 6.42 Å². The lowest BCUT2D eigenvalue weighted by Crippen LogP contribution is -2.29. The van der Waals surface area contributed by atoms with Crippen molar-refractivity contribution < 1.29 is 19.1 Å². The third-order valence-corrected chi connectivity index (χ3v) is 1.64. The second-order valence-corrected chi connectivity index (χ2v) is 4.46. The Morgan fingerprint density at radius 3 is 2.13 bits per heavy atom. The Morgan fingerprint density at radius 2 is 1.73 bits per heavy atom. The van der Waals surface area contributed by atoms with E-state index >= 15 is 0 Å². The van der Waals surface area contributed by atoms with E-state index in [9.17, 15) is 9.59 Å². The fourth-order valence-corrected chi connectivity index (χ4v) is 0.800. The molecule has 0 amide bonds. The SMILES string of the molecule is CCCC(=O)OC(C)OC(=O)C(C)(C)C. The van der Waals surface area contributed by atoms with Crippen LogP contribution in [0.1, 0.15) is 47.5 Å². The Bertz CT molecular complexity index is 227. The molecular formula is C11H20O4. The lowest BCUT2D eigenvalue weighted by atomic mass is 9.97. The average Bonchev–Trinajstić information content (AvgIpc) is 2.01. The van der Waals surface area contributed by atoms with Gasteiger partial charge in [0.25, 0.3) is 0 Å². The summed E-state index contributed by atoms with van der Waals surface area (Å²) in [7, 11) is 0. The number of rotatable bonds is 4. The van der Waals surface area contributed by atoms with Crippen molar-refractivity contribution in [3.63, 3.8) is 0 Å². The number of ether oxygens (including phenoxy) is 2. The Balaban J connectivity index is 3.99. The monoisotopic (exact) mass is 216 g/mol. The zero-order valence-electron chi connectivity index (χ0n) is 10.1. The van der Waals surface area contributed by atoms with Crippen LogP contribution in [0.4, 0.5) is 0 Å². The van der Waals surface area contributed by atoms with Gasteiger partial charge < -0.3 is 9.47 Å². The Kier molecular flexibility index (Phi) is 5.33. The number of carbonyl (C=O) groups is 2. The van der Waals surface area contributed by atoms with Crippen molar-refractivity contribution >= 4 is 11.9 Å². The van der Waals surface area contributed by atoms with Crippen LogP contribution in [0.15, 0.2) is 0 Å². The van der Waals surface area contributed by atoms with E-state index in [0.717, 1.165) is 6.42 Å². The van der Waals surface area contributed by atoms with Crippen molar-refractivity contribution in [3.05, 3.63) is 0 Å². The molecular weight excluding hydrogens is 196 g/mol. The van der Waals surface area contributed by atoms with Crippen LogP contribution in [0.3, 0.4) is 0 Å². The molecule has 0 aliphatic heterocycles. The van der Waals surface area contributed by atoms with Gasteiger partial charge in [0.2, 0.25) is 6.29 Å². The normalized spacial score (nSPS) is 13.1. The molecule has 0 aromatic rings. The van der Waals surface area contributed by atoms with E-state index in [2.05, 4.69) is 0 Å². The van der Waals surface area contributed by atoms with Crippen LogP contribution < -0.4 is 0 Å². The van der Waals surface area contributed by atoms with Crippen molar-refractivity contribution in [2.24, 2.45) is 5.41 Å². The summed E-state index contributed by atoms with van der Waals surface area (Å²) in [5.74, 6) is -0.717. The van der Waals surface area contributed by atoms with Gasteiger partial charge in [-0.1, -0.05) is 6.92 Å². The minimum Gasteiger partial charge on any atom is -0.425 e. The highest BCUT2D eigenvalue weighted by molar-refractivity contribution is 5.75. The van der Waals surface area contributed by atoms with E-state index in [1.54, 1.807) is 20.8 Å². The minimum absolute atomic E-state index is 0.341. The summed E-state index contributed by atoms with van der Waals surface area (Å²) < 4.78 is 9.82. The van der Waals surface area contributed by atoms with Gasteiger partial charge in [-0.25, -0.2) is 0 Å². The van der Waals surface area contributed by atoms with E-state index in [1.807, 2.05) is 6.92 Å². The maximum Gasteiger partial charge on any atom is 0.314 e. The molecule has 0 fully saturated rings. The summed E-state index contributed by atoms with van der Waals surface area (Å²) in [5, 5.41) is 0. The third kappa shape index (κ3) is 6.10. The smallest absolute Gasteiger partial charge is 0.314 e. The molecule has 1 atom stereocenters. The third-order valence-electron chi connectivity index (χ3n) is 1.64. The first kappa shape index (κ1) is 13.9. The second-order valence-electron chi connectivity index (χ2n) is 4.46.